The van der Waals surface area contributed by atoms with Crippen LogP contribution in [0.25, 0.3) is 6.08 Å². The highest BCUT2D eigenvalue weighted by molar-refractivity contribution is 8.03. The standard InChI is InChI=1S/C10H6O2.ClHO2S/c11-9-6-5-7-3-1-2-4-8(7)10(9)12;1-4(2)3/h1-6H;(H,2,3)/p-1. The molecule has 0 bridgehead atoms. The van der Waals surface area contributed by atoms with Crippen molar-refractivity contribution in [3.8, 4) is 0 Å². The highest BCUT2D eigenvalue weighted by Gasteiger charge is 2.19. The van der Waals surface area contributed by atoms with Gasteiger partial charge in [0.1, 0.15) is 0 Å². The number of carbonyl (C=O) groups is 2. The smallest absolute Gasteiger partial charge is 0.233 e. The second kappa shape index (κ2) is 5.69. The molecule has 0 N–H and O–H groups in total. The van der Waals surface area contributed by atoms with Crippen molar-refractivity contribution in [2.24, 2.45) is 0 Å². The predicted octanol–water partition coefficient (Wildman–Crippen LogP) is 1.48. The summed E-state index contributed by atoms with van der Waals surface area (Å²) in [4.78, 5) is 22.1. The van der Waals surface area contributed by atoms with Gasteiger partial charge in [-0.2, -0.15) is 0 Å². The zero-order valence-corrected chi connectivity index (χ0v) is 9.46. The van der Waals surface area contributed by atoms with Crippen LogP contribution in [0.2, 0.25) is 0 Å². The average Bonchev–Trinajstić information content (AvgIpc) is 2.23. The largest absolute Gasteiger partial charge is 0.760 e. The molecular weight excluding hydrogens is 252 g/mol. The molecule has 6 heteroatoms. The Bertz CT molecular complexity index is 477. The third kappa shape index (κ3) is 3.37. The zero-order chi connectivity index (χ0) is 12.1. The molecule has 2 rings (SSSR count). The lowest BCUT2D eigenvalue weighted by Gasteiger charge is -2.06. The summed E-state index contributed by atoms with van der Waals surface area (Å²) in [6.07, 6.45) is 2.98. The highest BCUT2D eigenvalue weighted by atomic mass is 35.7. The maximum atomic E-state index is 11.2. The van der Waals surface area contributed by atoms with Crippen LogP contribution in [-0.2, 0) is 15.1 Å². The Morgan fingerprint density at radius 2 is 1.69 bits per heavy atom. The van der Waals surface area contributed by atoms with Crippen molar-refractivity contribution in [1.82, 2.24) is 0 Å². The van der Waals surface area contributed by atoms with Crippen molar-refractivity contribution in [2.75, 3.05) is 0 Å². The first-order valence-corrected chi connectivity index (χ1v) is 6.04. The molecule has 0 aliphatic heterocycles. The summed E-state index contributed by atoms with van der Waals surface area (Å²) in [5.74, 6) is -0.846. The van der Waals surface area contributed by atoms with Crippen LogP contribution in [0, 0.1) is 0 Å². The van der Waals surface area contributed by atoms with Crippen LogP contribution >= 0.6 is 10.7 Å². The van der Waals surface area contributed by atoms with Crippen molar-refractivity contribution in [2.45, 2.75) is 0 Å². The lowest BCUT2D eigenvalue weighted by molar-refractivity contribution is -0.110. The maximum absolute atomic E-state index is 11.2. The molecule has 0 heterocycles. The van der Waals surface area contributed by atoms with Crippen LogP contribution < -0.4 is 0 Å². The van der Waals surface area contributed by atoms with Gasteiger partial charge in [-0.15, -0.1) is 0 Å². The van der Waals surface area contributed by atoms with Gasteiger partial charge in [-0.3, -0.25) is 13.8 Å². The van der Waals surface area contributed by atoms with Crippen molar-refractivity contribution >= 4 is 38.6 Å². The Morgan fingerprint density at radius 1 is 1.12 bits per heavy atom. The first-order chi connectivity index (χ1) is 7.52. The molecule has 0 amide bonds. The van der Waals surface area contributed by atoms with Gasteiger partial charge in [0.25, 0.3) is 0 Å². The molecule has 1 aromatic carbocycles. The zero-order valence-electron chi connectivity index (χ0n) is 7.88. The van der Waals surface area contributed by atoms with E-state index in [1.165, 1.54) is 6.08 Å². The van der Waals surface area contributed by atoms with Gasteiger partial charge in [0.15, 0.2) is 0 Å². The molecule has 1 unspecified atom stereocenters. The first kappa shape index (κ1) is 12.8. The molecule has 4 nitrogen and oxygen atoms in total. The van der Waals surface area contributed by atoms with E-state index in [-0.39, 0.29) is 0 Å². The summed E-state index contributed by atoms with van der Waals surface area (Å²) < 4.78 is 17.5. The summed E-state index contributed by atoms with van der Waals surface area (Å²) in [7, 11) is 1.80. The van der Waals surface area contributed by atoms with Crippen LogP contribution in [0.1, 0.15) is 15.9 Å². The number of carbonyl (C=O) groups excluding carboxylic acids is 2. The number of fused-ring (bicyclic) bond motifs is 1. The van der Waals surface area contributed by atoms with Crippen LogP contribution in [-0.4, -0.2) is 20.3 Å². The van der Waals surface area contributed by atoms with E-state index in [0.717, 1.165) is 5.56 Å². The minimum atomic E-state index is -2.39. The fourth-order valence-electron chi connectivity index (χ4n) is 1.22. The quantitative estimate of drug-likeness (QED) is 0.401. The fourth-order valence-corrected chi connectivity index (χ4v) is 1.22. The van der Waals surface area contributed by atoms with Gasteiger partial charge in [-0.1, -0.05) is 30.3 Å². The van der Waals surface area contributed by atoms with E-state index in [1.807, 2.05) is 12.1 Å². The van der Waals surface area contributed by atoms with Crippen LogP contribution in [0.15, 0.2) is 30.3 Å². The number of Topliss-reactive ketones (excluding diaryl/α,β-unsaturated/α-hetero) is 1. The average molecular weight is 258 g/mol. The number of hydrogen-bond donors (Lipinski definition) is 0. The van der Waals surface area contributed by atoms with Gasteiger partial charge in [-0.05, 0) is 22.3 Å². The highest BCUT2D eigenvalue weighted by Crippen LogP contribution is 2.16. The van der Waals surface area contributed by atoms with E-state index < -0.39 is 21.9 Å². The Morgan fingerprint density at radius 3 is 2.31 bits per heavy atom. The van der Waals surface area contributed by atoms with E-state index >= 15 is 0 Å². The van der Waals surface area contributed by atoms with Crippen LogP contribution in [0.5, 0.6) is 0 Å². The van der Waals surface area contributed by atoms with E-state index in [2.05, 4.69) is 10.7 Å². The Kier molecular flexibility index (Phi) is 4.54. The molecule has 1 aromatic rings. The maximum Gasteiger partial charge on any atom is 0.233 e. The third-order valence-corrected chi connectivity index (χ3v) is 1.84. The molecule has 0 fully saturated rings. The normalized spacial score (nSPS) is 14.9. The first-order valence-electron chi connectivity index (χ1n) is 4.13. The second-order valence-corrected chi connectivity index (χ2v) is 3.95. The SMILES string of the molecule is O=C1C=Cc2ccccc2C1=O.O=S([O-])Cl. The summed E-state index contributed by atoms with van der Waals surface area (Å²) in [6.45, 7) is 0. The van der Waals surface area contributed by atoms with Crippen molar-refractivity contribution in [3.05, 3.63) is 41.5 Å². The topological polar surface area (TPSA) is 74.3 Å². The van der Waals surface area contributed by atoms with Gasteiger partial charge < -0.3 is 4.55 Å². The molecule has 0 aromatic heterocycles. The second-order valence-electron chi connectivity index (χ2n) is 2.81. The molecule has 16 heavy (non-hydrogen) atoms. The predicted molar refractivity (Wildman–Crippen MR) is 59.6 cm³/mol. The lowest BCUT2D eigenvalue weighted by Crippen LogP contribution is -2.15. The molecule has 1 aliphatic carbocycles. The van der Waals surface area contributed by atoms with Gasteiger partial charge in [0.05, 0.1) is 0 Å². The third-order valence-electron chi connectivity index (χ3n) is 1.84. The van der Waals surface area contributed by atoms with Crippen molar-refractivity contribution in [1.29, 1.82) is 0 Å². The Labute approximate surface area is 98.7 Å². The van der Waals surface area contributed by atoms with Crippen LogP contribution in [0.4, 0.5) is 0 Å². The Hall–Kier alpha value is -1.30. The van der Waals surface area contributed by atoms with E-state index in [0.29, 0.717) is 5.56 Å². The molecule has 0 saturated heterocycles. The Balaban J connectivity index is 0.000000280. The van der Waals surface area contributed by atoms with Gasteiger partial charge in [0, 0.05) is 15.9 Å². The fraction of sp³-hybridized carbons (Fsp3) is 0. The van der Waals surface area contributed by atoms with Crippen molar-refractivity contribution < 1.29 is 18.4 Å². The van der Waals surface area contributed by atoms with E-state index in [9.17, 15) is 9.59 Å². The van der Waals surface area contributed by atoms with E-state index in [4.69, 9.17) is 8.76 Å². The summed E-state index contributed by atoms with van der Waals surface area (Å²) >= 11 is 0. The molecule has 1 atom stereocenters. The van der Waals surface area contributed by atoms with Gasteiger partial charge in [0.2, 0.25) is 11.6 Å². The molecule has 84 valence electrons. The van der Waals surface area contributed by atoms with Crippen molar-refractivity contribution in [3.63, 3.8) is 0 Å². The summed E-state index contributed by atoms with van der Waals surface area (Å²) in [5.41, 5.74) is 1.33. The lowest BCUT2D eigenvalue weighted by atomic mass is 9.96. The number of benzene rings is 1. The number of ketones is 2. The molecule has 0 spiro atoms. The molecule has 1 aliphatic rings. The number of allylic oxidation sites excluding steroid dienone is 1. The minimum Gasteiger partial charge on any atom is -0.760 e. The molecular formula is C10H6ClO4S-. The molecule has 0 saturated carbocycles. The molecule has 0 radical (unpaired) electrons. The summed E-state index contributed by atoms with van der Waals surface area (Å²) in [6, 6.07) is 7.07. The number of hydrogen-bond acceptors (Lipinski definition) is 4. The number of rotatable bonds is 0. The monoisotopic (exact) mass is 257 g/mol. The summed E-state index contributed by atoms with van der Waals surface area (Å²) in [5, 5.41) is 0. The van der Waals surface area contributed by atoms with Gasteiger partial charge in [-0.25, -0.2) is 0 Å². The van der Waals surface area contributed by atoms with Gasteiger partial charge >= 0.3 is 0 Å². The van der Waals surface area contributed by atoms with E-state index in [1.54, 1.807) is 18.2 Å². The van der Waals surface area contributed by atoms with Crippen LogP contribution in [0.3, 0.4) is 0 Å². The minimum absolute atomic E-state index is 0.409. The number of halogens is 1.